The van der Waals surface area contributed by atoms with E-state index in [9.17, 15) is 4.79 Å². The van der Waals surface area contributed by atoms with Crippen molar-refractivity contribution < 1.29 is 4.79 Å². The number of hydrogen-bond acceptors (Lipinski definition) is 3. The zero-order chi connectivity index (χ0) is 10.8. The number of halogens is 1. The molecule has 1 N–H and O–H groups in total. The minimum absolute atomic E-state index is 0.0394. The Morgan fingerprint density at radius 3 is 3.13 bits per heavy atom. The van der Waals surface area contributed by atoms with Crippen LogP contribution in [0.2, 0.25) is 0 Å². The highest BCUT2D eigenvalue weighted by molar-refractivity contribution is 9.10. The molecule has 1 aliphatic rings. The van der Waals surface area contributed by atoms with Crippen LogP contribution in [0.15, 0.2) is 10.8 Å². The maximum atomic E-state index is 11.8. The third-order valence-electron chi connectivity index (χ3n) is 2.38. The van der Waals surface area contributed by atoms with Gasteiger partial charge >= 0.3 is 0 Å². The van der Waals surface area contributed by atoms with Gasteiger partial charge in [-0.15, -0.1) is 0 Å². The number of carbonyl (C=O) groups excluding carboxylic acids is 1. The molecule has 1 amide bonds. The van der Waals surface area contributed by atoms with Crippen molar-refractivity contribution in [3.8, 4) is 0 Å². The summed E-state index contributed by atoms with van der Waals surface area (Å²) in [5, 5.41) is 7.02. The molecular formula is C9H12BrN3OS. The Morgan fingerprint density at radius 2 is 2.60 bits per heavy atom. The number of rotatable bonds is 2. The van der Waals surface area contributed by atoms with Gasteiger partial charge in [-0.25, -0.2) is 0 Å². The van der Waals surface area contributed by atoms with Crippen LogP contribution >= 0.6 is 27.7 Å². The fraction of sp³-hybridized carbons (Fsp3) is 0.556. The highest BCUT2D eigenvalue weighted by Crippen LogP contribution is 2.19. The van der Waals surface area contributed by atoms with Gasteiger partial charge in [0.1, 0.15) is 4.60 Å². The van der Waals surface area contributed by atoms with Crippen LogP contribution in [0.1, 0.15) is 16.8 Å². The first-order chi connectivity index (χ1) is 7.18. The third-order valence-corrected chi connectivity index (χ3v) is 4.48. The Kier molecular flexibility index (Phi) is 3.35. The van der Waals surface area contributed by atoms with E-state index in [-0.39, 0.29) is 5.91 Å². The van der Waals surface area contributed by atoms with E-state index in [1.807, 2.05) is 11.8 Å². The molecule has 15 heavy (non-hydrogen) atoms. The molecule has 1 fully saturated rings. The van der Waals surface area contributed by atoms with Crippen LogP contribution in [0.3, 0.4) is 0 Å². The van der Waals surface area contributed by atoms with E-state index in [0.717, 1.165) is 22.5 Å². The van der Waals surface area contributed by atoms with Crippen LogP contribution in [0.5, 0.6) is 0 Å². The minimum atomic E-state index is -0.0394. The van der Waals surface area contributed by atoms with Crippen molar-refractivity contribution in [1.82, 2.24) is 15.1 Å². The van der Waals surface area contributed by atoms with Gasteiger partial charge in [0, 0.05) is 18.8 Å². The molecule has 2 heterocycles. The van der Waals surface area contributed by atoms with Gasteiger partial charge in [-0.2, -0.15) is 16.9 Å². The lowest BCUT2D eigenvalue weighted by molar-refractivity contribution is 0.0940. The van der Waals surface area contributed by atoms with Gasteiger partial charge in [0.05, 0.1) is 11.8 Å². The Labute approximate surface area is 101 Å². The van der Waals surface area contributed by atoms with Crippen molar-refractivity contribution in [2.45, 2.75) is 12.5 Å². The second-order valence-electron chi connectivity index (χ2n) is 3.51. The summed E-state index contributed by atoms with van der Waals surface area (Å²) in [6, 6.07) is 0.314. The first-order valence-corrected chi connectivity index (χ1v) is 6.69. The molecule has 1 saturated heterocycles. The van der Waals surface area contributed by atoms with Gasteiger partial charge in [-0.05, 0) is 28.1 Å². The van der Waals surface area contributed by atoms with E-state index < -0.39 is 0 Å². The average Bonchev–Trinajstić information content (AvgIpc) is 2.79. The number of aromatic nitrogens is 2. The van der Waals surface area contributed by atoms with Gasteiger partial charge in [-0.3, -0.25) is 9.48 Å². The highest BCUT2D eigenvalue weighted by atomic mass is 79.9. The molecule has 6 heteroatoms. The molecule has 1 aromatic rings. The monoisotopic (exact) mass is 289 g/mol. The van der Waals surface area contributed by atoms with E-state index in [1.54, 1.807) is 17.9 Å². The largest absolute Gasteiger partial charge is 0.348 e. The van der Waals surface area contributed by atoms with Crippen molar-refractivity contribution >= 4 is 33.6 Å². The number of aryl methyl sites for hydroxylation is 1. The van der Waals surface area contributed by atoms with Crippen LogP contribution in [0.25, 0.3) is 0 Å². The quantitative estimate of drug-likeness (QED) is 0.896. The molecule has 4 nitrogen and oxygen atoms in total. The van der Waals surface area contributed by atoms with Crippen molar-refractivity contribution in [2.75, 3.05) is 11.5 Å². The summed E-state index contributed by atoms with van der Waals surface area (Å²) in [4.78, 5) is 11.8. The Hall–Kier alpha value is -0.490. The SMILES string of the molecule is Cn1ncc(C(=O)NC2CCSC2)c1Br. The number of nitrogens with zero attached hydrogens (tertiary/aromatic N) is 2. The molecule has 0 aliphatic carbocycles. The summed E-state index contributed by atoms with van der Waals surface area (Å²) in [7, 11) is 1.80. The van der Waals surface area contributed by atoms with Crippen LogP contribution in [0, 0.1) is 0 Å². The summed E-state index contributed by atoms with van der Waals surface area (Å²) in [5.74, 6) is 2.12. The van der Waals surface area contributed by atoms with Gasteiger partial charge < -0.3 is 5.32 Å². The van der Waals surface area contributed by atoms with Crippen LogP contribution in [0.4, 0.5) is 0 Å². The lowest BCUT2D eigenvalue weighted by Gasteiger charge is -2.10. The van der Waals surface area contributed by atoms with Crippen molar-refractivity contribution in [1.29, 1.82) is 0 Å². The van der Waals surface area contributed by atoms with Gasteiger partial charge in [-0.1, -0.05) is 0 Å². The average molecular weight is 290 g/mol. The number of hydrogen-bond donors (Lipinski definition) is 1. The second-order valence-corrected chi connectivity index (χ2v) is 5.41. The van der Waals surface area contributed by atoms with Crippen molar-refractivity contribution in [2.24, 2.45) is 7.05 Å². The normalized spacial score (nSPS) is 20.5. The van der Waals surface area contributed by atoms with E-state index in [0.29, 0.717) is 11.6 Å². The maximum absolute atomic E-state index is 11.8. The summed E-state index contributed by atoms with van der Waals surface area (Å²) in [5.41, 5.74) is 0.606. The fourth-order valence-corrected chi connectivity index (χ4v) is 3.01. The molecular weight excluding hydrogens is 278 g/mol. The smallest absolute Gasteiger partial charge is 0.255 e. The van der Waals surface area contributed by atoms with Crippen LogP contribution in [-0.4, -0.2) is 33.2 Å². The molecule has 82 valence electrons. The number of thioether (sulfide) groups is 1. The van der Waals surface area contributed by atoms with Gasteiger partial charge in [0.2, 0.25) is 0 Å². The summed E-state index contributed by atoms with van der Waals surface area (Å²) in [6.07, 6.45) is 2.65. The molecule has 0 bridgehead atoms. The first-order valence-electron chi connectivity index (χ1n) is 4.74. The topological polar surface area (TPSA) is 46.9 Å². The standard InChI is InChI=1S/C9H12BrN3OS/c1-13-8(10)7(4-11-13)9(14)12-6-2-3-15-5-6/h4,6H,2-3,5H2,1H3,(H,12,14). The zero-order valence-electron chi connectivity index (χ0n) is 8.36. The molecule has 2 rings (SSSR count). The van der Waals surface area contributed by atoms with Crippen molar-refractivity contribution in [3.63, 3.8) is 0 Å². The van der Waals surface area contributed by atoms with Gasteiger partial charge in [0.15, 0.2) is 0 Å². The summed E-state index contributed by atoms with van der Waals surface area (Å²) in [6.45, 7) is 0. The van der Waals surface area contributed by atoms with E-state index in [1.165, 1.54) is 0 Å². The van der Waals surface area contributed by atoms with E-state index in [2.05, 4.69) is 26.3 Å². The Bertz CT molecular complexity index is 373. The highest BCUT2D eigenvalue weighted by Gasteiger charge is 2.20. The third kappa shape index (κ3) is 2.36. The number of carbonyl (C=O) groups is 1. The molecule has 1 aliphatic heterocycles. The zero-order valence-corrected chi connectivity index (χ0v) is 10.8. The van der Waals surface area contributed by atoms with Gasteiger partial charge in [0.25, 0.3) is 5.91 Å². The second kappa shape index (κ2) is 4.57. The summed E-state index contributed by atoms with van der Waals surface area (Å²) < 4.78 is 2.36. The number of amides is 1. The van der Waals surface area contributed by atoms with Crippen LogP contribution in [-0.2, 0) is 7.05 Å². The van der Waals surface area contributed by atoms with E-state index >= 15 is 0 Å². The molecule has 1 unspecified atom stereocenters. The Morgan fingerprint density at radius 1 is 1.80 bits per heavy atom. The van der Waals surface area contributed by atoms with E-state index in [4.69, 9.17) is 0 Å². The predicted octanol–water partition coefficient (Wildman–Crippen LogP) is 1.42. The molecule has 1 atom stereocenters. The minimum Gasteiger partial charge on any atom is -0.348 e. The maximum Gasteiger partial charge on any atom is 0.255 e. The lowest BCUT2D eigenvalue weighted by Crippen LogP contribution is -2.34. The fourth-order valence-electron chi connectivity index (χ4n) is 1.49. The molecule has 0 saturated carbocycles. The lowest BCUT2D eigenvalue weighted by atomic mass is 10.2. The Balaban J connectivity index is 2.04. The molecule has 1 aromatic heterocycles. The molecule has 0 aromatic carbocycles. The first kappa shape index (κ1) is 11.0. The van der Waals surface area contributed by atoms with Crippen molar-refractivity contribution in [3.05, 3.63) is 16.4 Å². The number of nitrogens with one attached hydrogen (secondary N) is 1. The summed E-state index contributed by atoms with van der Waals surface area (Å²) >= 11 is 5.22. The molecule has 0 spiro atoms. The molecule has 0 radical (unpaired) electrons. The van der Waals surface area contributed by atoms with Crippen LogP contribution < -0.4 is 5.32 Å². The predicted molar refractivity (Wildman–Crippen MR) is 64.1 cm³/mol.